The highest BCUT2D eigenvalue weighted by Gasteiger charge is 2.27. The van der Waals surface area contributed by atoms with Gasteiger partial charge in [0.15, 0.2) is 0 Å². The van der Waals surface area contributed by atoms with Crippen LogP contribution in [0.3, 0.4) is 0 Å². The number of carbonyl (C=O) groups is 1. The summed E-state index contributed by atoms with van der Waals surface area (Å²) in [6, 6.07) is 4.31. The minimum atomic E-state index is -0.455. The van der Waals surface area contributed by atoms with E-state index < -0.39 is 4.92 Å². The van der Waals surface area contributed by atoms with Crippen molar-refractivity contribution in [2.45, 2.75) is 26.7 Å². The van der Waals surface area contributed by atoms with E-state index in [0.29, 0.717) is 17.7 Å². The topological polar surface area (TPSA) is 84.3 Å². The quantitative estimate of drug-likeness (QED) is 0.656. The van der Waals surface area contributed by atoms with Crippen molar-refractivity contribution in [3.63, 3.8) is 0 Å². The zero-order valence-corrected chi connectivity index (χ0v) is 12.4. The number of hydrogen-bond donors (Lipinski definition) is 2. The van der Waals surface area contributed by atoms with Gasteiger partial charge in [-0.15, -0.1) is 0 Å². The summed E-state index contributed by atoms with van der Waals surface area (Å²) in [5.41, 5.74) is 1.19. The highest BCUT2D eigenvalue weighted by molar-refractivity contribution is 5.95. The van der Waals surface area contributed by atoms with Gasteiger partial charge in [-0.25, -0.2) is 0 Å². The molecule has 1 saturated heterocycles. The number of nitrogens with one attached hydrogen (secondary N) is 2. The number of nitro groups is 1. The first-order valence-electron chi connectivity index (χ1n) is 7.15. The fourth-order valence-corrected chi connectivity index (χ4v) is 2.67. The SMILES string of the molecule is Cc1cc([N+](=O)[O-])ccc1C(=O)NCC1(C)CCCNC1. The van der Waals surface area contributed by atoms with Crippen molar-refractivity contribution in [2.75, 3.05) is 19.6 Å². The van der Waals surface area contributed by atoms with E-state index in [1.165, 1.54) is 18.2 Å². The maximum absolute atomic E-state index is 12.2. The van der Waals surface area contributed by atoms with Gasteiger partial charge in [-0.2, -0.15) is 0 Å². The molecule has 0 radical (unpaired) electrons. The van der Waals surface area contributed by atoms with Gasteiger partial charge < -0.3 is 10.6 Å². The molecule has 1 heterocycles. The zero-order valence-electron chi connectivity index (χ0n) is 12.4. The van der Waals surface area contributed by atoms with Crippen molar-refractivity contribution < 1.29 is 9.72 Å². The summed E-state index contributed by atoms with van der Waals surface area (Å²) in [5, 5.41) is 17.0. The second kappa shape index (κ2) is 6.22. The molecule has 6 heteroatoms. The third-order valence-electron chi connectivity index (χ3n) is 4.03. The predicted octanol–water partition coefficient (Wildman–Crippen LogP) is 2.02. The third-order valence-corrected chi connectivity index (χ3v) is 4.03. The van der Waals surface area contributed by atoms with Crippen LogP contribution in [0.2, 0.25) is 0 Å². The Morgan fingerprint density at radius 2 is 2.29 bits per heavy atom. The molecule has 1 unspecified atom stereocenters. The average Bonchev–Trinajstić information content (AvgIpc) is 2.45. The van der Waals surface area contributed by atoms with Crippen molar-refractivity contribution in [2.24, 2.45) is 5.41 Å². The first-order chi connectivity index (χ1) is 9.91. The second-order valence-corrected chi connectivity index (χ2v) is 6.03. The molecule has 1 aliphatic heterocycles. The Bertz CT molecular complexity index is 551. The first kappa shape index (κ1) is 15.4. The van der Waals surface area contributed by atoms with Crippen molar-refractivity contribution in [3.8, 4) is 0 Å². The highest BCUT2D eigenvalue weighted by Crippen LogP contribution is 2.24. The number of hydrogen-bond acceptors (Lipinski definition) is 4. The van der Waals surface area contributed by atoms with Crippen LogP contribution in [0.25, 0.3) is 0 Å². The van der Waals surface area contributed by atoms with Crippen LogP contribution < -0.4 is 10.6 Å². The maximum atomic E-state index is 12.2. The lowest BCUT2D eigenvalue weighted by Gasteiger charge is -2.34. The minimum Gasteiger partial charge on any atom is -0.351 e. The van der Waals surface area contributed by atoms with Gasteiger partial charge in [-0.3, -0.25) is 14.9 Å². The Labute approximate surface area is 124 Å². The number of nitrogens with zero attached hydrogens (tertiary/aromatic N) is 1. The summed E-state index contributed by atoms with van der Waals surface area (Å²) in [6.45, 7) is 6.40. The van der Waals surface area contributed by atoms with Crippen LogP contribution in [0.1, 0.15) is 35.7 Å². The fourth-order valence-electron chi connectivity index (χ4n) is 2.67. The molecule has 1 aliphatic rings. The lowest BCUT2D eigenvalue weighted by Crippen LogP contribution is -2.45. The number of non-ortho nitro benzene ring substituents is 1. The molecule has 0 saturated carbocycles. The Kier molecular flexibility index (Phi) is 4.57. The summed E-state index contributed by atoms with van der Waals surface area (Å²) >= 11 is 0. The molecule has 0 aromatic heterocycles. The molecule has 0 bridgehead atoms. The molecule has 21 heavy (non-hydrogen) atoms. The fraction of sp³-hybridized carbons (Fsp3) is 0.533. The average molecular weight is 291 g/mol. The largest absolute Gasteiger partial charge is 0.351 e. The van der Waals surface area contributed by atoms with Crippen molar-refractivity contribution >= 4 is 11.6 Å². The number of rotatable bonds is 4. The summed E-state index contributed by atoms with van der Waals surface area (Å²) in [6.07, 6.45) is 2.20. The van der Waals surface area contributed by atoms with Gasteiger partial charge in [0.05, 0.1) is 4.92 Å². The number of benzene rings is 1. The van der Waals surface area contributed by atoms with E-state index in [9.17, 15) is 14.9 Å². The van der Waals surface area contributed by atoms with Gasteiger partial charge in [-0.05, 0) is 43.4 Å². The van der Waals surface area contributed by atoms with E-state index in [4.69, 9.17) is 0 Å². The van der Waals surface area contributed by atoms with Crippen LogP contribution in [-0.2, 0) is 0 Å². The van der Waals surface area contributed by atoms with Crippen LogP contribution >= 0.6 is 0 Å². The van der Waals surface area contributed by atoms with E-state index in [2.05, 4.69) is 17.6 Å². The third kappa shape index (κ3) is 3.78. The van der Waals surface area contributed by atoms with Gasteiger partial charge in [0.2, 0.25) is 0 Å². The van der Waals surface area contributed by atoms with Gasteiger partial charge >= 0.3 is 0 Å². The molecule has 6 nitrogen and oxygen atoms in total. The molecule has 2 N–H and O–H groups in total. The van der Waals surface area contributed by atoms with Crippen LogP contribution in [0.4, 0.5) is 5.69 Å². The number of carbonyl (C=O) groups excluding carboxylic acids is 1. The predicted molar refractivity (Wildman–Crippen MR) is 80.4 cm³/mol. The Morgan fingerprint density at radius 3 is 2.86 bits per heavy atom. The highest BCUT2D eigenvalue weighted by atomic mass is 16.6. The molecule has 1 aromatic rings. The normalized spacial score (nSPS) is 21.8. The number of amides is 1. The van der Waals surface area contributed by atoms with E-state index >= 15 is 0 Å². The molecule has 1 aromatic carbocycles. The molecule has 0 spiro atoms. The number of aryl methyl sites for hydroxylation is 1. The van der Waals surface area contributed by atoms with Crippen LogP contribution in [-0.4, -0.2) is 30.5 Å². The second-order valence-electron chi connectivity index (χ2n) is 6.03. The maximum Gasteiger partial charge on any atom is 0.269 e. The molecule has 1 amide bonds. The van der Waals surface area contributed by atoms with E-state index in [0.717, 1.165) is 25.9 Å². The zero-order chi connectivity index (χ0) is 15.5. The first-order valence-corrected chi connectivity index (χ1v) is 7.15. The summed E-state index contributed by atoms with van der Waals surface area (Å²) in [4.78, 5) is 22.5. The molecule has 114 valence electrons. The molecular weight excluding hydrogens is 270 g/mol. The molecule has 1 fully saturated rings. The van der Waals surface area contributed by atoms with E-state index in [1.54, 1.807) is 6.92 Å². The summed E-state index contributed by atoms with van der Waals surface area (Å²) in [5.74, 6) is -0.172. The standard InChI is InChI=1S/C15H21N3O3/c1-11-8-12(18(20)21)4-5-13(11)14(19)17-10-15(2)6-3-7-16-9-15/h4-5,8,16H,3,6-7,9-10H2,1-2H3,(H,17,19). The number of piperidine rings is 1. The van der Waals surface area contributed by atoms with Crippen LogP contribution in [0, 0.1) is 22.5 Å². The van der Waals surface area contributed by atoms with Crippen molar-refractivity contribution in [3.05, 3.63) is 39.4 Å². The monoisotopic (exact) mass is 291 g/mol. The lowest BCUT2D eigenvalue weighted by atomic mass is 9.83. The van der Waals surface area contributed by atoms with Crippen molar-refractivity contribution in [1.29, 1.82) is 0 Å². The van der Waals surface area contributed by atoms with Gasteiger partial charge in [0, 0.05) is 30.8 Å². The van der Waals surface area contributed by atoms with E-state index in [-0.39, 0.29) is 17.0 Å². The van der Waals surface area contributed by atoms with Crippen LogP contribution in [0.5, 0.6) is 0 Å². The molecule has 0 aliphatic carbocycles. The van der Waals surface area contributed by atoms with E-state index in [1.807, 2.05) is 0 Å². The van der Waals surface area contributed by atoms with Gasteiger partial charge in [-0.1, -0.05) is 6.92 Å². The molecular formula is C15H21N3O3. The Hall–Kier alpha value is -1.95. The number of nitro benzene ring substituents is 1. The summed E-state index contributed by atoms with van der Waals surface area (Å²) < 4.78 is 0. The summed E-state index contributed by atoms with van der Waals surface area (Å²) in [7, 11) is 0. The minimum absolute atomic E-state index is 0.00694. The molecule has 2 rings (SSSR count). The van der Waals surface area contributed by atoms with Gasteiger partial charge in [0.25, 0.3) is 11.6 Å². The van der Waals surface area contributed by atoms with Gasteiger partial charge in [0.1, 0.15) is 0 Å². The lowest BCUT2D eigenvalue weighted by molar-refractivity contribution is -0.384. The molecule has 1 atom stereocenters. The Morgan fingerprint density at radius 1 is 1.52 bits per heavy atom. The Balaban J connectivity index is 2.01. The van der Waals surface area contributed by atoms with Crippen molar-refractivity contribution in [1.82, 2.24) is 10.6 Å². The smallest absolute Gasteiger partial charge is 0.269 e. The van der Waals surface area contributed by atoms with Crippen LogP contribution in [0.15, 0.2) is 18.2 Å².